The molecule has 9 amide bonds. The third-order valence-electron chi connectivity index (χ3n) is 15.7. The van der Waals surface area contributed by atoms with Gasteiger partial charge < -0.3 is 69.3 Å². The van der Waals surface area contributed by atoms with Gasteiger partial charge in [0.1, 0.15) is 18.7 Å². The summed E-state index contributed by atoms with van der Waals surface area (Å²) in [7, 11) is 2.85. The van der Waals surface area contributed by atoms with Gasteiger partial charge in [-0.15, -0.1) is 0 Å². The molecular formula is C61H77N9O17. The standard InChI is InChI=1S/C61H77N9O17/c1-35(2)52(66-58(79)60(4,5)32-87-61(6,7)21-22-62-49(71)20-25-69-50(72)18-19-51(69)73)54(75)64-36(3)53(74)65-38-16-14-37(15-17-38)31-84-59(80)70-44-29-48(46(82-9)27-41(44)56(77)68-24-11-13-43(68)57(70)78)86-34-83-33-85-47-28-42-40(26-45(47)81-8)55(76)67-23-10-12-39(67)30-63-42/h14-19,26-30,35-36,39,43,52,57,78H,10-13,20-25,31-34H2,1-9H3,(H,62,71)(H,64,75)(H,65,74)(H,66,79)/t36-,39-,43-,52-,57?/m0/s1. The largest absolute Gasteiger partial charge is 0.493 e. The summed E-state index contributed by atoms with van der Waals surface area (Å²) in [5.41, 5.74) is -0.111. The molecule has 1 unspecified atom stereocenters. The van der Waals surface area contributed by atoms with Crippen molar-refractivity contribution in [2.75, 3.05) is 70.8 Å². The van der Waals surface area contributed by atoms with Crippen molar-refractivity contribution in [2.24, 2.45) is 16.3 Å². The average molecular weight is 1210 g/mol. The monoisotopic (exact) mass is 1210 g/mol. The van der Waals surface area contributed by atoms with E-state index in [4.69, 9.17) is 33.2 Å². The molecule has 0 saturated carbocycles. The average Bonchev–Trinajstić information content (AvgIpc) is 1.85. The molecule has 5 N–H and O–H groups in total. The van der Waals surface area contributed by atoms with E-state index in [0.29, 0.717) is 60.6 Å². The van der Waals surface area contributed by atoms with Gasteiger partial charge in [-0.2, -0.15) is 0 Å². The zero-order chi connectivity index (χ0) is 62.9. The van der Waals surface area contributed by atoms with Crippen molar-refractivity contribution in [1.29, 1.82) is 0 Å². The van der Waals surface area contributed by atoms with Gasteiger partial charge in [0, 0.05) is 68.8 Å². The van der Waals surface area contributed by atoms with Crippen molar-refractivity contribution in [3.63, 3.8) is 0 Å². The Kier molecular flexibility index (Phi) is 20.6. The van der Waals surface area contributed by atoms with Gasteiger partial charge in [0.25, 0.3) is 23.6 Å². The molecule has 5 heterocycles. The molecule has 2 fully saturated rings. The topological polar surface area (TPSA) is 312 Å². The molecule has 87 heavy (non-hydrogen) atoms. The minimum atomic E-state index is -1.51. The first-order valence-electron chi connectivity index (χ1n) is 28.9. The summed E-state index contributed by atoms with van der Waals surface area (Å²) >= 11 is 0. The Morgan fingerprint density at radius 1 is 0.770 bits per heavy atom. The zero-order valence-corrected chi connectivity index (χ0v) is 50.4. The number of nitrogens with one attached hydrogen (secondary N) is 4. The van der Waals surface area contributed by atoms with Crippen LogP contribution in [-0.2, 0) is 49.6 Å². The number of anilines is 2. The lowest BCUT2D eigenvalue weighted by molar-refractivity contribution is -0.141. The Bertz CT molecular complexity index is 3160. The summed E-state index contributed by atoms with van der Waals surface area (Å²) < 4.78 is 40.6. The molecule has 26 nitrogen and oxygen atoms in total. The fourth-order valence-corrected chi connectivity index (χ4v) is 10.4. The molecule has 0 bridgehead atoms. The van der Waals surface area contributed by atoms with Gasteiger partial charge in [-0.1, -0.05) is 26.0 Å². The molecule has 5 aliphatic rings. The predicted octanol–water partition coefficient (Wildman–Crippen LogP) is 4.72. The SMILES string of the molecule is COc1cc2c(cc1OCOCOc1cc3c(cc1OC)C(=O)N1CCC[C@H]1C(O)N3C(=O)OCc1ccc(NC(=O)[C@H](C)NC(=O)[C@@H](NC(=O)C(C)(C)COC(C)(C)CCNC(=O)CCN3C(=O)C=CC3=O)C(C)C)cc1)N=C[C@@H]1CCCN1C2=O. The molecule has 5 aliphatic heterocycles. The van der Waals surface area contributed by atoms with Crippen molar-refractivity contribution in [3.8, 4) is 23.0 Å². The summed E-state index contributed by atoms with van der Waals surface area (Å²) in [6.45, 7) is 12.2. The van der Waals surface area contributed by atoms with Gasteiger partial charge in [0.15, 0.2) is 42.8 Å². The van der Waals surface area contributed by atoms with E-state index in [2.05, 4.69) is 26.3 Å². The predicted molar refractivity (Wildman–Crippen MR) is 314 cm³/mol. The van der Waals surface area contributed by atoms with Crippen LogP contribution in [0.5, 0.6) is 23.0 Å². The van der Waals surface area contributed by atoms with Gasteiger partial charge in [0.2, 0.25) is 23.6 Å². The highest BCUT2D eigenvalue weighted by Gasteiger charge is 2.46. The fraction of sp³-hybridized carbons (Fsp3) is 0.508. The van der Waals surface area contributed by atoms with E-state index < -0.39 is 83.7 Å². The molecule has 2 saturated heterocycles. The quantitative estimate of drug-likeness (QED) is 0.0412. The van der Waals surface area contributed by atoms with Crippen LogP contribution >= 0.6 is 0 Å². The molecule has 3 aromatic rings. The highest BCUT2D eigenvalue weighted by Crippen LogP contribution is 2.42. The maximum Gasteiger partial charge on any atom is 0.416 e. The van der Waals surface area contributed by atoms with Crippen molar-refractivity contribution in [1.82, 2.24) is 30.7 Å². The number of amides is 9. The Morgan fingerprint density at radius 3 is 2.07 bits per heavy atom. The highest BCUT2D eigenvalue weighted by atomic mass is 16.7. The lowest BCUT2D eigenvalue weighted by Crippen LogP contribution is -2.56. The van der Waals surface area contributed by atoms with Gasteiger partial charge in [-0.05, 0) is 102 Å². The van der Waals surface area contributed by atoms with Crippen LogP contribution in [0.1, 0.15) is 113 Å². The minimum absolute atomic E-state index is 0.00274. The van der Waals surface area contributed by atoms with Crippen molar-refractivity contribution in [3.05, 3.63) is 77.4 Å². The third kappa shape index (κ3) is 15.3. The highest BCUT2D eigenvalue weighted by molar-refractivity contribution is 6.13. The molecule has 8 rings (SSSR count). The Morgan fingerprint density at radius 2 is 1.40 bits per heavy atom. The number of benzene rings is 3. The lowest BCUT2D eigenvalue weighted by Gasteiger charge is -2.33. The Balaban J connectivity index is 0.818. The van der Waals surface area contributed by atoms with E-state index in [1.807, 2.05) is 13.8 Å². The lowest BCUT2D eigenvalue weighted by atomic mass is 9.91. The number of aliphatic imine (C=N–C) groups is 1. The van der Waals surface area contributed by atoms with Crippen LogP contribution in [0.2, 0.25) is 0 Å². The molecule has 468 valence electrons. The molecular weight excluding hydrogens is 1130 g/mol. The number of aliphatic hydroxyl groups is 1. The maximum absolute atomic E-state index is 14.2. The van der Waals surface area contributed by atoms with E-state index in [1.165, 1.54) is 38.2 Å². The molecule has 0 aliphatic carbocycles. The fourth-order valence-electron chi connectivity index (χ4n) is 10.4. The molecule has 26 heteroatoms. The Hall–Kier alpha value is -8.62. The normalized spacial score (nSPS) is 18.7. The molecule has 0 spiro atoms. The van der Waals surface area contributed by atoms with Crippen LogP contribution in [-0.4, -0.2) is 176 Å². The van der Waals surface area contributed by atoms with E-state index in [-0.39, 0.29) is 91.8 Å². The number of hydrogen-bond donors (Lipinski definition) is 5. The number of ether oxygens (including phenoxy) is 7. The number of imide groups is 1. The van der Waals surface area contributed by atoms with Crippen molar-refractivity contribution >= 4 is 76.6 Å². The first kappa shape index (κ1) is 64.4. The number of hydrogen-bond acceptors (Lipinski definition) is 18. The summed E-state index contributed by atoms with van der Waals surface area (Å²) in [6.07, 6.45) is 4.68. The first-order valence-corrected chi connectivity index (χ1v) is 28.9. The number of rotatable bonds is 26. The number of carbonyl (C=O) groups excluding carboxylic acids is 9. The van der Waals surface area contributed by atoms with E-state index >= 15 is 0 Å². The Labute approximate surface area is 504 Å². The molecule has 3 aromatic carbocycles. The van der Waals surface area contributed by atoms with Crippen molar-refractivity contribution in [2.45, 2.75) is 130 Å². The summed E-state index contributed by atoms with van der Waals surface area (Å²) in [5.74, 6) is -3.01. The van der Waals surface area contributed by atoms with E-state index in [1.54, 1.807) is 75.2 Å². The van der Waals surface area contributed by atoms with Gasteiger partial charge in [-0.25, -0.2) is 9.69 Å². The van der Waals surface area contributed by atoms with Crippen LogP contribution < -0.4 is 45.1 Å². The summed E-state index contributed by atoms with van der Waals surface area (Å²) in [4.78, 5) is 128. The number of nitrogens with zero attached hydrogens (tertiary/aromatic N) is 5. The second-order valence-electron chi connectivity index (χ2n) is 23.4. The second kappa shape index (κ2) is 27.8. The number of aliphatic hydroxyl groups excluding tert-OH is 1. The van der Waals surface area contributed by atoms with E-state index in [9.17, 15) is 48.3 Å². The minimum Gasteiger partial charge on any atom is -0.493 e. The third-order valence-corrected chi connectivity index (χ3v) is 15.7. The van der Waals surface area contributed by atoms with Gasteiger partial charge >= 0.3 is 6.09 Å². The zero-order valence-electron chi connectivity index (χ0n) is 50.4. The second-order valence-corrected chi connectivity index (χ2v) is 23.4. The van der Waals surface area contributed by atoms with Crippen molar-refractivity contribution < 1.29 is 81.4 Å². The van der Waals surface area contributed by atoms with Gasteiger partial charge in [-0.3, -0.25) is 48.2 Å². The van der Waals surface area contributed by atoms with Crippen LogP contribution in [0.4, 0.5) is 21.9 Å². The van der Waals surface area contributed by atoms with Gasteiger partial charge in [0.05, 0.1) is 66.4 Å². The number of fused-ring (bicyclic) bond motifs is 4. The summed E-state index contributed by atoms with van der Waals surface area (Å²) in [6, 6.07) is 9.53. The van der Waals surface area contributed by atoms with Crippen LogP contribution in [0.15, 0.2) is 65.7 Å². The maximum atomic E-state index is 14.2. The molecule has 0 radical (unpaired) electrons. The smallest absolute Gasteiger partial charge is 0.416 e. The molecule has 5 atom stereocenters. The summed E-state index contributed by atoms with van der Waals surface area (Å²) in [5, 5.41) is 22.9. The number of carbonyl (C=O) groups is 9. The van der Waals surface area contributed by atoms with Crippen LogP contribution in [0, 0.1) is 11.3 Å². The number of methoxy groups -OCH3 is 2. The van der Waals surface area contributed by atoms with E-state index in [0.717, 1.165) is 34.8 Å². The van der Waals surface area contributed by atoms with Crippen LogP contribution in [0.25, 0.3) is 0 Å². The molecule has 0 aromatic heterocycles. The first-order chi connectivity index (χ1) is 41.4. The van der Waals surface area contributed by atoms with Crippen LogP contribution in [0.3, 0.4) is 0 Å².